The number of thiophene rings is 1. The molecule has 1 saturated carbocycles. The van der Waals surface area contributed by atoms with Gasteiger partial charge in [0.1, 0.15) is 0 Å². The highest BCUT2D eigenvalue weighted by atomic mass is 32.2. The van der Waals surface area contributed by atoms with Crippen LogP contribution in [0.25, 0.3) is 0 Å². The highest BCUT2D eigenvalue weighted by Gasteiger charge is 2.42. The van der Waals surface area contributed by atoms with Crippen molar-refractivity contribution in [3.05, 3.63) is 22.4 Å². The van der Waals surface area contributed by atoms with Gasteiger partial charge in [0.15, 0.2) is 9.84 Å². The molecule has 0 aromatic carbocycles. The third-order valence-electron chi connectivity index (χ3n) is 4.45. The van der Waals surface area contributed by atoms with E-state index in [2.05, 4.69) is 22.5 Å². The highest BCUT2D eigenvalue weighted by Crippen LogP contribution is 2.27. The molecule has 1 aromatic heterocycles. The Labute approximate surface area is 157 Å². The monoisotopic (exact) mass is 394 g/mol. The SMILES string of the molecule is CC(Cc1cccs1)NC(=O)[C@@H]1CS(=O)(=O)C[C@H]1NC(=O)C#CC1CC1. The van der Waals surface area contributed by atoms with Gasteiger partial charge in [0.05, 0.1) is 23.5 Å². The molecule has 2 fully saturated rings. The summed E-state index contributed by atoms with van der Waals surface area (Å²) in [6.07, 6.45) is 2.70. The van der Waals surface area contributed by atoms with Gasteiger partial charge in [-0.1, -0.05) is 12.0 Å². The van der Waals surface area contributed by atoms with Crippen LogP contribution >= 0.6 is 11.3 Å². The van der Waals surface area contributed by atoms with Crippen molar-refractivity contribution in [1.82, 2.24) is 10.6 Å². The van der Waals surface area contributed by atoms with Gasteiger partial charge in [0.2, 0.25) is 5.91 Å². The Hall–Kier alpha value is -1.85. The molecule has 140 valence electrons. The molecule has 0 bridgehead atoms. The summed E-state index contributed by atoms with van der Waals surface area (Å²) in [4.78, 5) is 25.7. The molecule has 8 heteroatoms. The molecule has 1 aromatic rings. The van der Waals surface area contributed by atoms with Crippen molar-refractivity contribution < 1.29 is 18.0 Å². The molecule has 26 heavy (non-hydrogen) atoms. The summed E-state index contributed by atoms with van der Waals surface area (Å²) in [6, 6.07) is 3.10. The standard InChI is InChI=1S/C18H22N2O4S2/c1-12(9-14-3-2-8-25-14)19-18(22)15-10-26(23,24)11-16(15)20-17(21)7-6-13-4-5-13/h2-3,8,12-13,15-16H,4-5,9-11H2,1H3,(H,19,22)(H,20,21)/t12?,15-,16-/m1/s1. The average Bonchev–Trinajstić information content (AvgIpc) is 3.15. The predicted octanol–water partition coefficient (Wildman–Crippen LogP) is 0.738. The lowest BCUT2D eigenvalue weighted by Crippen LogP contribution is -2.48. The van der Waals surface area contributed by atoms with Crippen LogP contribution in [0.4, 0.5) is 0 Å². The Balaban J connectivity index is 1.60. The maximum absolute atomic E-state index is 12.6. The number of carbonyl (C=O) groups excluding carboxylic acids is 2. The molecule has 3 rings (SSSR count). The van der Waals surface area contributed by atoms with Crippen molar-refractivity contribution in [2.75, 3.05) is 11.5 Å². The Morgan fingerprint density at radius 2 is 2.12 bits per heavy atom. The van der Waals surface area contributed by atoms with Crippen LogP contribution in [0.1, 0.15) is 24.6 Å². The Kier molecular flexibility index (Phi) is 5.68. The Morgan fingerprint density at radius 1 is 1.35 bits per heavy atom. The molecule has 2 amide bonds. The quantitative estimate of drug-likeness (QED) is 0.721. The van der Waals surface area contributed by atoms with Crippen molar-refractivity contribution in [2.24, 2.45) is 11.8 Å². The van der Waals surface area contributed by atoms with Gasteiger partial charge in [-0.15, -0.1) is 11.3 Å². The summed E-state index contributed by atoms with van der Waals surface area (Å²) in [7, 11) is -3.36. The predicted molar refractivity (Wildman–Crippen MR) is 100 cm³/mol. The fraction of sp³-hybridized carbons (Fsp3) is 0.556. The molecular formula is C18H22N2O4S2. The Bertz CT molecular complexity index is 832. The average molecular weight is 395 g/mol. The topological polar surface area (TPSA) is 92.3 Å². The molecule has 1 aliphatic heterocycles. The summed E-state index contributed by atoms with van der Waals surface area (Å²) in [5.74, 6) is 3.53. The van der Waals surface area contributed by atoms with Crippen LogP contribution in [0.5, 0.6) is 0 Å². The third kappa shape index (κ3) is 5.32. The van der Waals surface area contributed by atoms with E-state index in [9.17, 15) is 18.0 Å². The zero-order valence-electron chi connectivity index (χ0n) is 14.5. The zero-order chi connectivity index (χ0) is 18.7. The molecule has 0 radical (unpaired) electrons. The molecule has 2 aliphatic rings. The number of hydrogen-bond acceptors (Lipinski definition) is 5. The van der Waals surface area contributed by atoms with Crippen molar-refractivity contribution in [1.29, 1.82) is 0 Å². The second-order valence-corrected chi connectivity index (χ2v) is 10.2. The van der Waals surface area contributed by atoms with E-state index in [1.807, 2.05) is 24.4 Å². The number of sulfone groups is 1. The zero-order valence-corrected chi connectivity index (χ0v) is 16.2. The summed E-state index contributed by atoms with van der Waals surface area (Å²) in [6.45, 7) is 1.88. The number of amides is 2. The van der Waals surface area contributed by atoms with Crippen molar-refractivity contribution in [3.8, 4) is 11.8 Å². The maximum Gasteiger partial charge on any atom is 0.296 e. The van der Waals surface area contributed by atoms with Crippen LogP contribution in [0.2, 0.25) is 0 Å². The molecule has 0 spiro atoms. The van der Waals surface area contributed by atoms with Crippen molar-refractivity contribution >= 4 is 33.0 Å². The number of nitrogens with one attached hydrogen (secondary N) is 2. The first-order valence-corrected chi connectivity index (χ1v) is 11.4. The van der Waals surface area contributed by atoms with E-state index in [1.165, 1.54) is 0 Å². The van der Waals surface area contributed by atoms with Gasteiger partial charge in [-0.25, -0.2) is 8.42 Å². The molecule has 1 unspecified atom stereocenters. The maximum atomic E-state index is 12.6. The lowest BCUT2D eigenvalue weighted by Gasteiger charge is -2.20. The van der Waals surface area contributed by atoms with E-state index in [-0.39, 0.29) is 29.4 Å². The minimum atomic E-state index is -3.36. The fourth-order valence-corrected chi connectivity index (χ4v) is 5.74. The van der Waals surface area contributed by atoms with Gasteiger partial charge >= 0.3 is 0 Å². The van der Waals surface area contributed by atoms with Crippen LogP contribution < -0.4 is 10.6 Å². The smallest absolute Gasteiger partial charge is 0.296 e. The number of rotatable bonds is 5. The molecule has 2 N–H and O–H groups in total. The van der Waals surface area contributed by atoms with Crippen molar-refractivity contribution in [3.63, 3.8) is 0 Å². The number of hydrogen-bond donors (Lipinski definition) is 2. The molecule has 6 nitrogen and oxygen atoms in total. The van der Waals surface area contributed by atoms with E-state index in [4.69, 9.17) is 0 Å². The summed E-state index contributed by atoms with van der Waals surface area (Å²) in [5.41, 5.74) is 0. The minimum absolute atomic E-state index is 0.115. The summed E-state index contributed by atoms with van der Waals surface area (Å²) < 4.78 is 24.0. The summed E-state index contributed by atoms with van der Waals surface area (Å²) >= 11 is 1.61. The van der Waals surface area contributed by atoms with Gasteiger partial charge in [0.25, 0.3) is 5.91 Å². The van der Waals surface area contributed by atoms with E-state index >= 15 is 0 Å². The van der Waals surface area contributed by atoms with Gasteiger partial charge < -0.3 is 10.6 Å². The van der Waals surface area contributed by atoms with E-state index in [0.29, 0.717) is 6.42 Å². The second-order valence-electron chi connectivity index (χ2n) is 7.00. The van der Waals surface area contributed by atoms with Gasteiger partial charge in [-0.3, -0.25) is 9.59 Å². The molecule has 2 heterocycles. The van der Waals surface area contributed by atoms with Crippen molar-refractivity contribution in [2.45, 2.75) is 38.3 Å². The lowest BCUT2D eigenvalue weighted by molar-refractivity contribution is -0.125. The minimum Gasteiger partial charge on any atom is -0.353 e. The fourth-order valence-electron chi connectivity index (χ4n) is 2.98. The van der Waals surface area contributed by atoms with Crippen LogP contribution in [0.15, 0.2) is 17.5 Å². The number of carbonyl (C=O) groups is 2. The van der Waals surface area contributed by atoms with Gasteiger partial charge in [-0.2, -0.15) is 0 Å². The second kappa shape index (κ2) is 7.80. The van der Waals surface area contributed by atoms with Gasteiger partial charge in [0, 0.05) is 23.3 Å². The first kappa shape index (κ1) is 18.9. The highest BCUT2D eigenvalue weighted by molar-refractivity contribution is 7.91. The first-order valence-electron chi connectivity index (χ1n) is 8.67. The molecular weight excluding hydrogens is 372 g/mol. The molecule has 1 saturated heterocycles. The molecule has 3 atom stereocenters. The van der Waals surface area contributed by atoms with E-state index < -0.39 is 27.7 Å². The van der Waals surface area contributed by atoms with E-state index in [0.717, 1.165) is 17.7 Å². The van der Waals surface area contributed by atoms with Crippen LogP contribution in [-0.4, -0.2) is 43.8 Å². The largest absolute Gasteiger partial charge is 0.353 e. The van der Waals surface area contributed by atoms with Crippen LogP contribution in [0, 0.1) is 23.7 Å². The third-order valence-corrected chi connectivity index (χ3v) is 7.08. The molecule has 1 aliphatic carbocycles. The van der Waals surface area contributed by atoms with E-state index in [1.54, 1.807) is 11.3 Å². The van der Waals surface area contributed by atoms with Crippen LogP contribution in [0.3, 0.4) is 0 Å². The van der Waals surface area contributed by atoms with Gasteiger partial charge in [-0.05, 0) is 37.1 Å². The normalized spacial score (nSPS) is 25.0. The lowest BCUT2D eigenvalue weighted by atomic mass is 10.0. The van der Waals surface area contributed by atoms with Crippen LogP contribution in [-0.2, 0) is 25.8 Å². The Morgan fingerprint density at radius 3 is 2.77 bits per heavy atom. The summed E-state index contributed by atoms with van der Waals surface area (Å²) in [5, 5.41) is 7.47. The first-order chi connectivity index (χ1) is 12.3.